The van der Waals surface area contributed by atoms with Crippen LogP contribution in [0.5, 0.6) is 0 Å². The van der Waals surface area contributed by atoms with Gasteiger partial charge in [-0.1, -0.05) is 76.7 Å². The van der Waals surface area contributed by atoms with Crippen LogP contribution in [0.15, 0.2) is 24.3 Å². The van der Waals surface area contributed by atoms with E-state index in [-0.39, 0.29) is 11.8 Å². The number of hydrogen-bond donors (Lipinski definition) is 3. The minimum atomic E-state index is 0.0308. The van der Waals surface area contributed by atoms with Crippen LogP contribution in [0.25, 0.3) is 0 Å². The van der Waals surface area contributed by atoms with Crippen LogP contribution in [0.3, 0.4) is 0 Å². The monoisotopic (exact) mass is 491 g/mol. The summed E-state index contributed by atoms with van der Waals surface area (Å²) < 4.78 is 11.3. The van der Waals surface area contributed by atoms with Crippen molar-refractivity contribution < 1.29 is 19.1 Å². The number of unbranched alkanes of at least 4 members (excludes halogenated alkanes) is 4. The molecule has 2 amide bonds. The maximum absolute atomic E-state index is 11.9. The summed E-state index contributed by atoms with van der Waals surface area (Å²) in [5.74, 6) is 0.0615. The Morgan fingerprint density at radius 1 is 0.629 bits per heavy atom. The van der Waals surface area contributed by atoms with Crippen molar-refractivity contribution in [3.05, 3.63) is 24.3 Å². The van der Waals surface area contributed by atoms with Crippen LogP contribution in [-0.2, 0) is 19.1 Å². The summed E-state index contributed by atoms with van der Waals surface area (Å²) in [5.41, 5.74) is 0. The molecule has 2 rings (SSSR count). The number of carbonyl (C=O) groups excluding carboxylic acids is 2. The largest absolute Gasteiger partial charge is 0.369 e. The molecule has 2 heterocycles. The number of epoxide rings is 2. The molecule has 7 nitrogen and oxygen atoms in total. The molecule has 35 heavy (non-hydrogen) atoms. The number of rotatable bonds is 22. The van der Waals surface area contributed by atoms with E-state index in [4.69, 9.17) is 9.47 Å². The predicted octanol–water partition coefficient (Wildman–Crippen LogP) is 4.18. The third kappa shape index (κ3) is 15.1. The quantitative estimate of drug-likeness (QED) is 0.120. The van der Waals surface area contributed by atoms with Crippen molar-refractivity contribution in [2.75, 3.05) is 26.2 Å². The second kappa shape index (κ2) is 18.6. The maximum atomic E-state index is 11.9. The van der Waals surface area contributed by atoms with Gasteiger partial charge in [0, 0.05) is 39.0 Å². The highest BCUT2D eigenvalue weighted by atomic mass is 16.6. The van der Waals surface area contributed by atoms with Crippen LogP contribution >= 0.6 is 0 Å². The Hall–Kier alpha value is -1.70. The van der Waals surface area contributed by atoms with Crippen LogP contribution in [0.2, 0.25) is 0 Å². The van der Waals surface area contributed by atoms with Gasteiger partial charge in [0.25, 0.3) is 0 Å². The van der Waals surface area contributed by atoms with Gasteiger partial charge in [0.1, 0.15) is 0 Å². The lowest BCUT2D eigenvalue weighted by Crippen LogP contribution is -2.36. The Balaban J connectivity index is 1.32. The lowest BCUT2D eigenvalue weighted by atomic mass is 10.1. The molecule has 2 aliphatic heterocycles. The average Bonchev–Trinajstić information content (AvgIpc) is 3.77. The Bertz CT molecular complexity index is 598. The molecule has 0 spiro atoms. The Morgan fingerprint density at radius 2 is 1.09 bits per heavy atom. The van der Waals surface area contributed by atoms with E-state index in [1.54, 1.807) is 0 Å². The first-order chi connectivity index (χ1) is 17.1. The fourth-order valence-electron chi connectivity index (χ4n) is 4.16. The zero-order chi connectivity index (χ0) is 25.1. The number of ether oxygens (including phenoxy) is 2. The molecule has 0 aromatic carbocycles. The zero-order valence-electron chi connectivity index (χ0n) is 22.1. The van der Waals surface area contributed by atoms with Crippen molar-refractivity contribution >= 4 is 11.8 Å². The van der Waals surface area contributed by atoms with Crippen molar-refractivity contribution in [1.29, 1.82) is 0 Å². The zero-order valence-corrected chi connectivity index (χ0v) is 22.1. The van der Waals surface area contributed by atoms with Gasteiger partial charge in [0.15, 0.2) is 0 Å². The first kappa shape index (κ1) is 29.5. The van der Waals surface area contributed by atoms with Crippen molar-refractivity contribution in [3.8, 4) is 0 Å². The van der Waals surface area contributed by atoms with E-state index >= 15 is 0 Å². The molecule has 2 aliphatic rings. The highest BCUT2D eigenvalue weighted by Crippen LogP contribution is 2.31. The molecular weight excluding hydrogens is 442 g/mol. The number of hydrogen-bond acceptors (Lipinski definition) is 5. The Morgan fingerprint density at radius 3 is 1.51 bits per heavy atom. The topological polar surface area (TPSA) is 95.3 Å². The molecule has 0 aromatic rings. The van der Waals surface area contributed by atoms with Gasteiger partial charge in [-0.25, -0.2) is 0 Å². The maximum Gasteiger partial charge on any atom is 0.223 e. The number of nitrogens with one attached hydrogen (secondary N) is 3. The van der Waals surface area contributed by atoms with Crippen LogP contribution in [0.4, 0.5) is 0 Å². The van der Waals surface area contributed by atoms with E-state index < -0.39 is 0 Å². The molecule has 2 fully saturated rings. The number of amides is 2. The number of carbonyl (C=O) groups is 2. The molecule has 2 saturated heterocycles. The average molecular weight is 492 g/mol. The van der Waals surface area contributed by atoms with E-state index in [0.717, 1.165) is 25.7 Å². The molecule has 0 radical (unpaired) electrons. The predicted molar refractivity (Wildman–Crippen MR) is 141 cm³/mol. The van der Waals surface area contributed by atoms with Crippen molar-refractivity contribution in [1.82, 2.24) is 16.0 Å². The second-order valence-corrected chi connectivity index (χ2v) is 9.69. The molecule has 0 saturated carbocycles. The van der Waals surface area contributed by atoms with Crippen LogP contribution in [-0.4, -0.2) is 62.4 Å². The summed E-state index contributed by atoms with van der Waals surface area (Å²) in [6.07, 6.45) is 22.1. The third-order valence-electron chi connectivity index (χ3n) is 6.48. The molecular formula is C28H49N3O4. The lowest BCUT2D eigenvalue weighted by Gasteiger charge is -2.07. The van der Waals surface area contributed by atoms with E-state index in [1.165, 1.54) is 38.5 Å². The van der Waals surface area contributed by atoms with Gasteiger partial charge in [-0.05, 0) is 25.7 Å². The van der Waals surface area contributed by atoms with Crippen molar-refractivity contribution in [3.63, 3.8) is 0 Å². The van der Waals surface area contributed by atoms with Crippen LogP contribution in [0, 0.1) is 0 Å². The summed E-state index contributed by atoms with van der Waals surface area (Å²) >= 11 is 0. The van der Waals surface area contributed by atoms with Crippen molar-refractivity contribution in [2.24, 2.45) is 0 Å². The van der Waals surface area contributed by atoms with Crippen LogP contribution < -0.4 is 16.0 Å². The summed E-state index contributed by atoms with van der Waals surface area (Å²) in [6, 6.07) is 0. The molecule has 7 heteroatoms. The fourth-order valence-corrected chi connectivity index (χ4v) is 4.16. The highest BCUT2D eigenvalue weighted by molar-refractivity contribution is 5.77. The molecule has 4 unspecified atom stereocenters. The van der Waals surface area contributed by atoms with Crippen molar-refractivity contribution in [2.45, 2.75) is 115 Å². The summed E-state index contributed by atoms with van der Waals surface area (Å²) in [7, 11) is 0. The third-order valence-corrected chi connectivity index (χ3v) is 6.48. The van der Waals surface area contributed by atoms with Crippen LogP contribution in [0.1, 0.15) is 90.9 Å². The SMILES string of the molecule is CCCCCC1OC1CC=CCC(=O)NCCNCCNC(=O)CC=CCC1OC1CCCCC. The standard InChI is InChI=1S/C28H49N3O4/c1-3-5-7-13-23-25(34-23)15-9-11-17-27(32)30-21-19-29-20-22-31-28(33)18-12-10-16-26-24(35-26)14-8-6-4-2/h9-12,23-26,29H,3-8,13-22H2,1-2H3,(H,30,32)(H,31,33). The smallest absolute Gasteiger partial charge is 0.223 e. The molecule has 0 aliphatic carbocycles. The summed E-state index contributed by atoms with van der Waals surface area (Å²) in [5, 5.41) is 9.04. The lowest BCUT2D eigenvalue weighted by molar-refractivity contribution is -0.120. The first-order valence-electron chi connectivity index (χ1n) is 14.0. The van der Waals surface area contributed by atoms with E-state index in [2.05, 4.69) is 41.9 Å². The Kier molecular flexibility index (Phi) is 15.7. The van der Waals surface area contributed by atoms with E-state index in [1.807, 2.05) is 12.2 Å². The fraction of sp³-hybridized carbons (Fsp3) is 0.786. The summed E-state index contributed by atoms with van der Waals surface area (Å²) in [4.78, 5) is 23.8. The van der Waals surface area contributed by atoms with Gasteiger partial charge in [-0.3, -0.25) is 9.59 Å². The van der Waals surface area contributed by atoms with E-state index in [0.29, 0.717) is 63.4 Å². The van der Waals surface area contributed by atoms with Gasteiger partial charge in [-0.15, -0.1) is 0 Å². The van der Waals surface area contributed by atoms with Gasteiger partial charge >= 0.3 is 0 Å². The van der Waals surface area contributed by atoms with E-state index in [9.17, 15) is 9.59 Å². The molecule has 4 atom stereocenters. The van der Waals surface area contributed by atoms with Gasteiger partial charge in [0.2, 0.25) is 11.8 Å². The van der Waals surface area contributed by atoms with Gasteiger partial charge in [0.05, 0.1) is 24.4 Å². The summed E-state index contributed by atoms with van der Waals surface area (Å²) in [6.45, 7) is 6.95. The molecule has 200 valence electrons. The molecule has 3 N–H and O–H groups in total. The Labute approximate surface area is 212 Å². The van der Waals surface area contributed by atoms with Gasteiger partial charge < -0.3 is 25.4 Å². The second-order valence-electron chi connectivity index (χ2n) is 9.69. The minimum Gasteiger partial charge on any atom is -0.369 e. The minimum absolute atomic E-state index is 0.0308. The highest BCUT2D eigenvalue weighted by Gasteiger charge is 2.37. The normalized spacial score (nSPS) is 23.1. The molecule has 0 bridgehead atoms. The first-order valence-corrected chi connectivity index (χ1v) is 14.0. The van der Waals surface area contributed by atoms with Gasteiger partial charge in [-0.2, -0.15) is 0 Å². The molecule has 0 aromatic heterocycles.